The number of rotatable bonds is 6. The normalized spacial score (nSPS) is 11.1. The van der Waals surface area contributed by atoms with Gasteiger partial charge in [0.2, 0.25) is 0 Å². The molecule has 0 aliphatic carbocycles. The van der Waals surface area contributed by atoms with Crippen molar-refractivity contribution in [1.82, 2.24) is 0 Å². The Morgan fingerprint density at radius 3 is 1.70 bits per heavy atom. The lowest BCUT2D eigenvalue weighted by Crippen LogP contribution is -2.26. The molecular weight excluding hydrogens is 402 g/mol. The Hall–Kier alpha value is -2.59. The van der Waals surface area contributed by atoms with E-state index in [0.717, 1.165) is 22.6 Å². The first kappa shape index (κ1) is 19.2. The van der Waals surface area contributed by atoms with Gasteiger partial charge in [0, 0.05) is 17.1 Å². The van der Waals surface area contributed by atoms with Crippen molar-refractivity contribution in [1.29, 1.82) is 0 Å². The van der Waals surface area contributed by atoms with Gasteiger partial charge in [-0.25, -0.2) is 0 Å². The lowest BCUT2D eigenvalue weighted by molar-refractivity contribution is -0.146. The molecule has 0 saturated carbocycles. The van der Waals surface area contributed by atoms with Crippen LogP contribution in [0.25, 0.3) is 0 Å². The van der Waals surface area contributed by atoms with Crippen LogP contribution in [0, 0.1) is 0 Å². The van der Waals surface area contributed by atoms with E-state index >= 15 is 0 Å². The van der Waals surface area contributed by atoms with Crippen LogP contribution >= 0.6 is 15.9 Å². The van der Waals surface area contributed by atoms with Crippen LogP contribution in [0.1, 0.15) is 19.4 Å². The first-order valence-corrected chi connectivity index (χ1v) is 9.60. The van der Waals surface area contributed by atoms with Crippen molar-refractivity contribution >= 4 is 39.0 Å². The number of anilines is 3. The zero-order valence-corrected chi connectivity index (χ0v) is 17.0. The first-order valence-electron chi connectivity index (χ1n) is 8.80. The van der Waals surface area contributed by atoms with Crippen molar-refractivity contribution in [2.24, 2.45) is 0 Å². The number of carbonyl (C=O) groups is 1. The molecule has 27 heavy (non-hydrogen) atoms. The molecule has 0 unspecified atom stereocenters. The van der Waals surface area contributed by atoms with Crippen molar-refractivity contribution in [3.05, 3.63) is 90.5 Å². The van der Waals surface area contributed by atoms with Gasteiger partial charge in [-0.3, -0.25) is 4.79 Å². The summed E-state index contributed by atoms with van der Waals surface area (Å²) < 4.78 is 4.69. The summed E-state index contributed by atoms with van der Waals surface area (Å²) >= 11 is 3.32. The third kappa shape index (κ3) is 4.98. The molecule has 0 bridgehead atoms. The minimum Gasteiger partial charge on any atom is -0.460 e. The number of nitrogens with zero attached hydrogens (tertiary/aromatic N) is 1. The first-order chi connectivity index (χ1) is 12.9. The molecule has 3 nitrogen and oxygen atoms in total. The molecule has 0 N–H and O–H groups in total. The van der Waals surface area contributed by atoms with Crippen molar-refractivity contribution in [2.45, 2.75) is 24.8 Å². The Morgan fingerprint density at radius 1 is 0.815 bits per heavy atom. The van der Waals surface area contributed by atoms with Crippen LogP contribution in [0.2, 0.25) is 0 Å². The van der Waals surface area contributed by atoms with E-state index in [0.29, 0.717) is 0 Å². The van der Waals surface area contributed by atoms with Gasteiger partial charge in [0.25, 0.3) is 0 Å². The lowest BCUT2D eigenvalue weighted by atomic mass is 10.1. The highest BCUT2D eigenvalue weighted by Gasteiger charge is 2.25. The summed E-state index contributed by atoms with van der Waals surface area (Å²) in [6.07, 6.45) is 0. The maximum atomic E-state index is 11.9. The third-order valence-electron chi connectivity index (χ3n) is 4.08. The molecule has 4 heteroatoms. The Kier molecular flexibility index (Phi) is 5.97. The van der Waals surface area contributed by atoms with E-state index in [-0.39, 0.29) is 12.6 Å². The predicted molar refractivity (Wildman–Crippen MR) is 114 cm³/mol. The van der Waals surface area contributed by atoms with Gasteiger partial charge in [-0.2, -0.15) is 0 Å². The molecule has 0 spiro atoms. The van der Waals surface area contributed by atoms with Gasteiger partial charge in [-0.1, -0.05) is 64.5 Å². The molecule has 3 aromatic carbocycles. The fourth-order valence-electron chi connectivity index (χ4n) is 2.66. The van der Waals surface area contributed by atoms with Crippen LogP contribution in [-0.4, -0.2) is 10.3 Å². The highest BCUT2D eigenvalue weighted by Crippen LogP contribution is 2.34. The SMILES string of the molecule is CC(C)(Br)C(=O)OCc1ccc(N(c2ccccc2)c2ccccc2)cc1. The summed E-state index contributed by atoms with van der Waals surface area (Å²) in [7, 11) is 0. The quantitative estimate of drug-likeness (QED) is 0.340. The summed E-state index contributed by atoms with van der Waals surface area (Å²) in [5.74, 6) is -0.276. The Labute approximate surface area is 168 Å². The molecular formula is C23H22BrNO2. The van der Waals surface area contributed by atoms with Crippen LogP contribution in [0.4, 0.5) is 17.1 Å². The van der Waals surface area contributed by atoms with E-state index < -0.39 is 4.32 Å². The monoisotopic (exact) mass is 423 g/mol. The zero-order chi connectivity index (χ0) is 19.3. The van der Waals surface area contributed by atoms with Gasteiger partial charge in [0.05, 0.1) is 0 Å². The number of ether oxygens (including phenoxy) is 1. The summed E-state index contributed by atoms with van der Waals surface area (Å²) in [4.78, 5) is 14.1. The molecule has 0 atom stereocenters. The molecule has 0 fully saturated rings. The second kappa shape index (κ2) is 8.40. The fraction of sp³-hybridized carbons (Fsp3) is 0.174. The highest BCUT2D eigenvalue weighted by molar-refractivity contribution is 9.10. The van der Waals surface area contributed by atoms with Crippen LogP contribution in [0.3, 0.4) is 0 Å². The van der Waals surface area contributed by atoms with Crippen molar-refractivity contribution in [3.8, 4) is 0 Å². The maximum Gasteiger partial charge on any atom is 0.322 e. The van der Waals surface area contributed by atoms with Crippen molar-refractivity contribution < 1.29 is 9.53 Å². The summed E-state index contributed by atoms with van der Waals surface area (Å²) in [6.45, 7) is 3.80. The van der Waals surface area contributed by atoms with Crippen molar-refractivity contribution in [3.63, 3.8) is 0 Å². The topological polar surface area (TPSA) is 29.5 Å². The highest BCUT2D eigenvalue weighted by atomic mass is 79.9. The lowest BCUT2D eigenvalue weighted by Gasteiger charge is -2.25. The summed E-state index contributed by atoms with van der Waals surface area (Å²) in [6, 6.07) is 28.5. The third-order valence-corrected chi connectivity index (χ3v) is 4.40. The van der Waals surface area contributed by atoms with Gasteiger partial charge in [-0.15, -0.1) is 0 Å². The van der Waals surface area contributed by atoms with Gasteiger partial charge in [-0.05, 0) is 55.8 Å². The van der Waals surface area contributed by atoms with Gasteiger partial charge in [0.15, 0.2) is 0 Å². The van der Waals surface area contributed by atoms with E-state index in [2.05, 4.69) is 45.1 Å². The molecule has 0 aliphatic heterocycles. The molecule has 0 aromatic heterocycles. The summed E-state index contributed by atoms with van der Waals surface area (Å²) in [5.41, 5.74) is 4.17. The Morgan fingerprint density at radius 2 is 1.26 bits per heavy atom. The van der Waals surface area contributed by atoms with Gasteiger partial charge in [0.1, 0.15) is 10.9 Å². The van der Waals surface area contributed by atoms with E-state index in [4.69, 9.17) is 4.74 Å². The number of hydrogen-bond acceptors (Lipinski definition) is 3. The standard InChI is InChI=1S/C23H22BrNO2/c1-23(2,24)22(26)27-17-18-13-15-21(16-14-18)25(19-9-5-3-6-10-19)20-11-7-4-8-12-20/h3-16H,17H2,1-2H3. The molecule has 0 amide bonds. The van der Waals surface area contributed by atoms with Crippen LogP contribution in [-0.2, 0) is 16.1 Å². The number of carbonyl (C=O) groups excluding carboxylic acids is 1. The average molecular weight is 424 g/mol. The second-order valence-electron chi connectivity index (χ2n) is 6.72. The molecule has 0 aliphatic rings. The fourth-order valence-corrected chi connectivity index (χ4v) is 2.78. The van der Waals surface area contributed by atoms with E-state index in [9.17, 15) is 4.79 Å². The molecule has 3 rings (SSSR count). The summed E-state index contributed by atoms with van der Waals surface area (Å²) in [5, 5.41) is 0. The predicted octanol–water partition coefficient (Wildman–Crippen LogP) is 6.37. The Balaban J connectivity index is 1.83. The number of alkyl halides is 1. The minimum absolute atomic E-state index is 0.255. The number of halogens is 1. The van der Waals surface area contributed by atoms with Gasteiger partial charge >= 0.3 is 5.97 Å². The van der Waals surface area contributed by atoms with Crippen LogP contribution < -0.4 is 4.90 Å². The second-order valence-corrected chi connectivity index (χ2v) is 8.70. The largest absolute Gasteiger partial charge is 0.460 e. The number of benzene rings is 3. The molecule has 0 saturated heterocycles. The number of para-hydroxylation sites is 2. The number of esters is 1. The van der Waals surface area contributed by atoms with E-state index in [1.807, 2.05) is 60.7 Å². The molecule has 3 aromatic rings. The van der Waals surface area contributed by atoms with Crippen LogP contribution in [0.5, 0.6) is 0 Å². The average Bonchev–Trinajstić information content (AvgIpc) is 2.68. The molecule has 138 valence electrons. The molecule has 0 heterocycles. The van der Waals surface area contributed by atoms with E-state index in [1.54, 1.807) is 13.8 Å². The number of hydrogen-bond donors (Lipinski definition) is 0. The Bertz CT molecular complexity index is 832. The maximum absolute atomic E-state index is 11.9. The van der Waals surface area contributed by atoms with Crippen molar-refractivity contribution in [2.75, 3.05) is 4.90 Å². The van der Waals surface area contributed by atoms with E-state index in [1.165, 1.54) is 0 Å². The zero-order valence-electron chi connectivity index (χ0n) is 15.4. The van der Waals surface area contributed by atoms with Gasteiger partial charge < -0.3 is 9.64 Å². The van der Waals surface area contributed by atoms with Crippen LogP contribution in [0.15, 0.2) is 84.9 Å². The molecule has 0 radical (unpaired) electrons. The smallest absolute Gasteiger partial charge is 0.322 e. The minimum atomic E-state index is -0.676.